The summed E-state index contributed by atoms with van der Waals surface area (Å²) >= 11 is 0. The first-order valence-corrected chi connectivity index (χ1v) is 11.6. The van der Waals surface area contributed by atoms with Crippen LogP contribution in [-0.4, -0.2) is 30.1 Å². The Morgan fingerprint density at radius 1 is 1.06 bits per heavy atom. The molecule has 1 N–H and O–H groups in total. The van der Waals surface area contributed by atoms with Crippen LogP contribution in [0.15, 0.2) is 42.5 Å². The van der Waals surface area contributed by atoms with E-state index < -0.39 is 12.3 Å². The lowest BCUT2D eigenvalue weighted by atomic mass is 9.83. The number of ether oxygens (including phenoxy) is 1. The van der Waals surface area contributed by atoms with Crippen LogP contribution in [0.1, 0.15) is 54.1 Å². The van der Waals surface area contributed by atoms with E-state index in [1.54, 1.807) is 0 Å². The Balaban J connectivity index is 1.13. The largest absolute Gasteiger partial charge is 0.493 e. The molecule has 2 aromatic carbocycles. The van der Waals surface area contributed by atoms with Crippen LogP contribution in [-0.2, 0) is 24.4 Å². The zero-order chi connectivity index (χ0) is 22.1. The lowest BCUT2D eigenvalue weighted by Gasteiger charge is -2.31. The maximum atomic E-state index is 14.9. The van der Waals surface area contributed by atoms with E-state index in [0.29, 0.717) is 44.9 Å². The standard InChI is InChI=1S/C26H30F2N2O2/c27-22-9-21(10-22)26(31)29-12-17-1-3-18(4-2-17)13-30-14-20-7-8-23(32-16-19-5-6-19)11-24(20)25(28)15-30/h1-4,7-8,11,19,21-22,25H,5-6,9-10,12-16H2,(H,29,31). The number of hydrogen-bond acceptors (Lipinski definition) is 3. The molecule has 32 heavy (non-hydrogen) atoms. The molecular weight excluding hydrogens is 410 g/mol. The highest BCUT2D eigenvalue weighted by Gasteiger charge is 2.34. The van der Waals surface area contributed by atoms with Gasteiger partial charge in [-0.25, -0.2) is 8.78 Å². The number of hydrogen-bond donors (Lipinski definition) is 1. The molecule has 0 spiro atoms. The molecule has 1 atom stereocenters. The van der Waals surface area contributed by atoms with Crippen molar-refractivity contribution in [2.75, 3.05) is 13.2 Å². The molecule has 1 unspecified atom stereocenters. The summed E-state index contributed by atoms with van der Waals surface area (Å²) < 4.78 is 33.6. The van der Waals surface area contributed by atoms with Crippen LogP contribution in [0.2, 0.25) is 0 Å². The molecule has 5 rings (SSSR count). The summed E-state index contributed by atoms with van der Waals surface area (Å²) in [6, 6.07) is 13.9. The van der Waals surface area contributed by atoms with Gasteiger partial charge in [0.1, 0.15) is 18.1 Å². The van der Waals surface area contributed by atoms with Crippen molar-refractivity contribution in [2.45, 2.75) is 57.7 Å². The molecule has 6 heteroatoms. The zero-order valence-electron chi connectivity index (χ0n) is 18.2. The van der Waals surface area contributed by atoms with E-state index in [1.165, 1.54) is 12.8 Å². The molecule has 0 radical (unpaired) electrons. The maximum absolute atomic E-state index is 14.9. The lowest BCUT2D eigenvalue weighted by Crippen LogP contribution is -2.39. The highest BCUT2D eigenvalue weighted by atomic mass is 19.1. The van der Waals surface area contributed by atoms with Gasteiger partial charge in [-0.15, -0.1) is 0 Å². The topological polar surface area (TPSA) is 41.6 Å². The van der Waals surface area contributed by atoms with Crippen molar-refractivity contribution in [1.29, 1.82) is 0 Å². The summed E-state index contributed by atoms with van der Waals surface area (Å²) in [7, 11) is 0. The number of carbonyl (C=O) groups excluding carboxylic acids is 1. The summed E-state index contributed by atoms with van der Waals surface area (Å²) in [5.41, 5.74) is 3.89. The van der Waals surface area contributed by atoms with Crippen molar-refractivity contribution in [3.05, 3.63) is 64.7 Å². The number of carbonyl (C=O) groups is 1. The van der Waals surface area contributed by atoms with Gasteiger partial charge in [-0.1, -0.05) is 30.3 Å². The number of benzene rings is 2. The predicted molar refractivity (Wildman–Crippen MR) is 119 cm³/mol. The van der Waals surface area contributed by atoms with E-state index in [0.717, 1.165) is 34.6 Å². The lowest BCUT2D eigenvalue weighted by molar-refractivity contribution is -0.129. The van der Waals surface area contributed by atoms with E-state index in [-0.39, 0.29) is 11.8 Å². The second-order valence-corrected chi connectivity index (χ2v) is 9.55. The summed E-state index contributed by atoms with van der Waals surface area (Å²) in [5.74, 6) is 1.21. The van der Waals surface area contributed by atoms with E-state index >= 15 is 0 Å². The summed E-state index contributed by atoms with van der Waals surface area (Å²) in [5, 5.41) is 2.89. The Morgan fingerprint density at radius 3 is 2.53 bits per heavy atom. The molecule has 1 heterocycles. The van der Waals surface area contributed by atoms with Gasteiger partial charge in [0, 0.05) is 32.1 Å². The van der Waals surface area contributed by atoms with E-state index in [2.05, 4.69) is 10.2 Å². The number of rotatable bonds is 8. The molecule has 2 aliphatic carbocycles. The van der Waals surface area contributed by atoms with Crippen molar-refractivity contribution < 1.29 is 18.3 Å². The number of halogens is 2. The normalized spacial score (nSPS) is 25.0. The van der Waals surface area contributed by atoms with Crippen LogP contribution >= 0.6 is 0 Å². The molecule has 4 nitrogen and oxygen atoms in total. The summed E-state index contributed by atoms with van der Waals surface area (Å²) in [4.78, 5) is 14.1. The number of amides is 1. The van der Waals surface area contributed by atoms with Crippen molar-refractivity contribution in [2.24, 2.45) is 11.8 Å². The Kier molecular flexibility index (Phi) is 6.13. The zero-order valence-corrected chi connectivity index (χ0v) is 18.2. The molecule has 1 aliphatic heterocycles. The van der Waals surface area contributed by atoms with Crippen molar-refractivity contribution in [3.63, 3.8) is 0 Å². The third-order valence-corrected chi connectivity index (χ3v) is 6.80. The van der Waals surface area contributed by atoms with Crippen LogP contribution in [0.25, 0.3) is 0 Å². The van der Waals surface area contributed by atoms with E-state index in [1.807, 2.05) is 42.5 Å². The Bertz CT molecular complexity index is 955. The molecule has 1 amide bonds. The first-order valence-electron chi connectivity index (χ1n) is 11.6. The van der Waals surface area contributed by atoms with E-state index in [4.69, 9.17) is 4.74 Å². The minimum absolute atomic E-state index is 0.0648. The first kappa shape index (κ1) is 21.4. The van der Waals surface area contributed by atoms with Crippen LogP contribution in [0, 0.1) is 11.8 Å². The van der Waals surface area contributed by atoms with Gasteiger partial charge >= 0.3 is 0 Å². The van der Waals surface area contributed by atoms with E-state index in [9.17, 15) is 13.6 Å². The SMILES string of the molecule is O=C(NCc1ccc(CN2Cc3ccc(OCC4CC4)cc3C(F)C2)cc1)C1CC(F)C1. The fourth-order valence-electron chi connectivity index (χ4n) is 4.46. The fourth-order valence-corrected chi connectivity index (χ4v) is 4.46. The minimum Gasteiger partial charge on any atom is -0.493 e. The van der Waals surface area contributed by atoms with Gasteiger partial charge in [-0.3, -0.25) is 9.69 Å². The third kappa shape index (κ3) is 5.12. The smallest absolute Gasteiger partial charge is 0.223 e. The van der Waals surface area contributed by atoms with Crippen molar-refractivity contribution >= 4 is 5.91 Å². The van der Waals surface area contributed by atoms with Gasteiger partial charge in [0.05, 0.1) is 6.61 Å². The third-order valence-electron chi connectivity index (χ3n) is 6.80. The first-order chi connectivity index (χ1) is 15.5. The highest BCUT2D eigenvalue weighted by molar-refractivity contribution is 5.79. The summed E-state index contributed by atoms with van der Waals surface area (Å²) in [6.07, 6.45) is 1.32. The van der Waals surface area contributed by atoms with Gasteiger partial charge in [-0.2, -0.15) is 0 Å². The van der Waals surface area contributed by atoms with Crippen molar-refractivity contribution in [3.8, 4) is 5.75 Å². The van der Waals surface area contributed by atoms with Gasteiger partial charge in [0.25, 0.3) is 0 Å². The van der Waals surface area contributed by atoms with Crippen LogP contribution in [0.4, 0.5) is 8.78 Å². The molecule has 2 fully saturated rings. The number of alkyl halides is 2. The average molecular weight is 441 g/mol. The molecule has 0 bridgehead atoms. The van der Waals surface area contributed by atoms with Gasteiger partial charge in [0.15, 0.2) is 0 Å². The van der Waals surface area contributed by atoms with Crippen LogP contribution in [0.5, 0.6) is 5.75 Å². The number of nitrogens with zero attached hydrogens (tertiary/aromatic N) is 1. The molecule has 2 aromatic rings. The van der Waals surface area contributed by atoms with Crippen LogP contribution < -0.4 is 10.1 Å². The molecule has 3 aliphatic rings. The predicted octanol–water partition coefficient (Wildman–Crippen LogP) is 4.87. The molecule has 2 saturated carbocycles. The Hall–Kier alpha value is -2.47. The fraction of sp³-hybridized carbons (Fsp3) is 0.500. The number of nitrogens with one attached hydrogen (secondary N) is 1. The van der Waals surface area contributed by atoms with Crippen LogP contribution in [0.3, 0.4) is 0 Å². The molecule has 170 valence electrons. The second kappa shape index (κ2) is 9.18. The second-order valence-electron chi connectivity index (χ2n) is 9.55. The average Bonchev–Trinajstić information content (AvgIpc) is 3.60. The minimum atomic E-state index is -1.02. The highest BCUT2D eigenvalue weighted by Crippen LogP contribution is 2.34. The molecule has 0 saturated heterocycles. The Labute approximate surface area is 187 Å². The van der Waals surface area contributed by atoms with Crippen molar-refractivity contribution in [1.82, 2.24) is 10.2 Å². The monoisotopic (exact) mass is 440 g/mol. The van der Waals surface area contributed by atoms with Gasteiger partial charge < -0.3 is 10.1 Å². The molecule has 0 aromatic heterocycles. The Morgan fingerprint density at radius 2 is 1.81 bits per heavy atom. The maximum Gasteiger partial charge on any atom is 0.223 e. The van der Waals surface area contributed by atoms with Gasteiger partial charge in [0.2, 0.25) is 5.91 Å². The quantitative estimate of drug-likeness (QED) is 0.637. The molecular formula is C26H30F2N2O2. The number of fused-ring (bicyclic) bond motifs is 1. The van der Waals surface area contributed by atoms with Gasteiger partial charge in [-0.05, 0) is 66.0 Å². The summed E-state index contributed by atoms with van der Waals surface area (Å²) in [6.45, 7) is 2.94.